The average molecular weight is 476 g/mol. The first kappa shape index (κ1) is 22.5. The highest BCUT2D eigenvalue weighted by Gasteiger charge is 2.44. The fraction of sp³-hybridized carbons (Fsp3) is 0.333. The maximum Gasteiger partial charge on any atom is 0.260 e. The predicted octanol–water partition coefficient (Wildman–Crippen LogP) is 4.96. The van der Waals surface area contributed by atoms with Crippen molar-refractivity contribution < 1.29 is 23.8 Å². The lowest BCUT2D eigenvalue weighted by molar-refractivity contribution is -0.136. The van der Waals surface area contributed by atoms with Crippen molar-refractivity contribution in [2.45, 2.75) is 24.9 Å². The van der Waals surface area contributed by atoms with Gasteiger partial charge in [0.15, 0.2) is 23.9 Å². The fourth-order valence-electron chi connectivity index (χ4n) is 4.02. The van der Waals surface area contributed by atoms with Crippen LogP contribution < -0.4 is 14.2 Å². The summed E-state index contributed by atoms with van der Waals surface area (Å²) < 4.78 is 17.5. The minimum atomic E-state index is -0.662. The number of nitrogens with zero attached hydrogens (tertiary/aromatic N) is 1. The molecular formula is C24H23Cl2NO5. The normalized spacial score (nSPS) is 16.8. The van der Waals surface area contributed by atoms with Crippen molar-refractivity contribution in [2.24, 2.45) is 0 Å². The molecule has 2 aliphatic rings. The van der Waals surface area contributed by atoms with Gasteiger partial charge >= 0.3 is 0 Å². The van der Waals surface area contributed by atoms with Gasteiger partial charge in [-0.15, -0.1) is 0 Å². The number of hydrogen-bond donors (Lipinski definition) is 0. The topological polar surface area (TPSA) is 65.1 Å². The molecule has 8 heteroatoms. The Labute approximate surface area is 196 Å². The van der Waals surface area contributed by atoms with Crippen LogP contribution in [0.3, 0.4) is 0 Å². The van der Waals surface area contributed by atoms with Gasteiger partial charge < -0.3 is 19.1 Å². The summed E-state index contributed by atoms with van der Waals surface area (Å²) in [6, 6.07) is 10.3. The lowest BCUT2D eigenvalue weighted by atomic mass is 9.82. The molecule has 0 radical (unpaired) electrons. The Morgan fingerprint density at radius 2 is 1.84 bits per heavy atom. The SMILES string of the molecule is C=CCOc1ccccc1OCC(=O)N1CCC2(CC1)CC(=O)c1cc(Cl)cc(Cl)c1O2. The minimum absolute atomic E-state index is 0.0464. The van der Waals surface area contributed by atoms with E-state index >= 15 is 0 Å². The molecule has 2 aromatic rings. The number of carbonyl (C=O) groups is 2. The molecule has 2 aliphatic heterocycles. The van der Waals surface area contributed by atoms with E-state index < -0.39 is 5.60 Å². The Morgan fingerprint density at radius 1 is 1.16 bits per heavy atom. The van der Waals surface area contributed by atoms with E-state index in [0.717, 1.165) is 0 Å². The average Bonchev–Trinajstić information content (AvgIpc) is 2.78. The molecule has 2 heterocycles. The van der Waals surface area contributed by atoms with Crippen LogP contribution in [0.2, 0.25) is 10.0 Å². The lowest BCUT2D eigenvalue weighted by Crippen LogP contribution is -2.53. The van der Waals surface area contributed by atoms with Crippen LogP contribution in [0, 0.1) is 0 Å². The predicted molar refractivity (Wildman–Crippen MR) is 122 cm³/mol. The van der Waals surface area contributed by atoms with Crippen LogP contribution in [0.4, 0.5) is 0 Å². The molecule has 4 rings (SSSR count). The molecule has 0 bridgehead atoms. The van der Waals surface area contributed by atoms with Crippen LogP contribution in [0.5, 0.6) is 17.2 Å². The number of halogens is 2. The molecule has 0 N–H and O–H groups in total. The molecule has 32 heavy (non-hydrogen) atoms. The smallest absolute Gasteiger partial charge is 0.260 e. The van der Waals surface area contributed by atoms with Crippen LogP contribution in [0.15, 0.2) is 49.1 Å². The third kappa shape index (κ3) is 4.71. The molecule has 6 nitrogen and oxygen atoms in total. The molecule has 0 saturated carbocycles. The first-order chi connectivity index (χ1) is 15.4. The molecule has 2 aromatic carbocycles. The summed E-state index contributed by atoms with van der Waals surface area (Å²) in [6.45, 7) is 4.80. The number of likely N-dealkylation sites (tertiary alicyclic amines) is 1. The van der Waals surface area contributed by atoms with E-state index in [2.05, 4.69) is 6.58 Å². The largest absolute Gasteiger partial charge is 0.486 e. The summed E-state index contributed by atoms with van der Waals surface area (Å²) in [5.74, 6) is 1.26. The highest BCUT2D eigenvalue weighted by atomic mass is 35.5. The summed E-state index contributed by atoms with van der Waals surface area (Å²) in [5.41, 5.74) is -0.248. The quantitative estimate of drug-likeness (QED) is 0.552. The number of ether oxygens (including phenoxy) is 3. The third-order valence-corrected chi connectivity index (χ3v) is 6.19. The number of para-hydroxylation sites is 2. The van der Waals surface area contributed by atoms with Gasteiger partial charge in [0.2, 0.25) is 0 Å². The summed E-state index contributed by atoms with van der Waals surface area (Å²) in [6.07, 6.45) is 2.94. The van der Waals surface area contributed by atoms with Gasteiger partial charge in [-0.05, 0) is 24.3 Å². The van der Waals surface area contributed by atoms with E-state index in [9.17, 15) is 9.59 Å². The van der Waals surface area contributed by atoms with E-state index in [4.69, 9.17) is 37.4 Å². The molecule has 0 atom stereocenters. The van der Waals surface area contributed by atoms with E-state index in [1.807, 2.05) is 12.1 Å². The zero-order valence-corrected chi connectivity index (χ0v) is 19.0. The van der Waals surface area contributed by atoms with E-state index in [-0.39, 0.29) is 24.7 Å². The Kier molecular flexibility index (Phi) is 6.63. The summed E-state index contributed by atoms with van der Waals surface area (Å²) >= 11 is 12.3. The van der Waals surface area contributed by atoms with Gasteiger partial charge in [0.1, 0.15) is 18.0 Å². The molecule has 1 spiro atoms. The number of benzene rings is 2. The van der Waals surface area contributed by atoms with Gasteiger partial charge in [-0.3, -0.25) is 9.59 Å². The van der Waals surface area contributed by atoms with Crippen LogP contribution in [0.1, 0.15) is 29.6 Å². The fourth-order valence-corrected chi connectivity index (χ4v) is 4.55. The van der Waals surface area contributed by atoms with Crippen LogP contribution in [0.25, 0.3) is 0 Å². The van der Waals surface area contributed by atoms with Gasteiger partial charge in [0.25, 0.3) is 5.91 Å². The molecular weight excluding hydrogens is 453 g/mol. The first-order valence-electron chi connectivity index (χ1n) is 10.4. The van der Waals surface area contributed by atoms with Gasteiger partial charge in [0, 0.05) is 31.0 Å². The first-order valence-corrected chi connectivity index (χ1v) is 11.1. The number of rotatable bonds is 6. The van der Waals surface area contributed by atoms with Crippen LogP contribution in [-0.2, 0) is 4.79 Å². The van der Waals surface area contributed by atoms with Crippen LogP contribution in [-0.4, -0.2) is 48.5 Å². The Morgan fingerprint density at radius 3 is 2.53 bits per heavy atom. The standard InChI is InChI=1S/C24H23Cl2NO5/c1-2-11-30-20-5-3-4-6-21(20)31-15-22(29)27-9-7-24(8-10-27)14-19(28)17-12-16(25)13-18(26)23(17)32-24/h2-6,12-13H,1,7-11,14-15H2. The highest BCUT2D eigenvalue weighted by Crippen LogP contribution is 2.44. The third-order valence-electron chi connectivity index (χ3n) is 5.69. The van der Waals surface area contributed by atoms with E-state index in [1.54, 1.807) is 35.2 Å². The number of amides is 1. The maximum atomic E-state index is 12.7. The van der Waals surface area contributed by atoms with Gasteiger partial charge in [-0.25, -0.2) is 0 Å². The second-order valence-corrected chi connectivity index (χ2v) is 8.71. The number of hydrogen-bond acceptors (Lipinski definition) is 5. The van der Waals surface area contributed by atoms with Crippen molar-refractivity contribution in [1.82, 2.24) is 4.90 Å². The summed E-state index contributed by atoms with van der Waals surface area (Å²) in [7, 11) is 0. The molecule has 1 saturated heterocycles. The molecule has 168 valence electrons. The zero-order chi connectivity index (χ0) is 22.7. The number of piperidine rings is 1. The molecule has 1 amide bonds. The Hall–Kier alpha value is -2.70. The summed E-state index contributed by atoms with van der Waals surface area (Å²) in [4.78, 5) is 27.2. The molecule has 0 unspecified atom stereocenters. The number of fused-ring (bicyclic) bond motifs is 1. The Balaban J connectivity index is 1.36. The van der Waals surface area contributed by atoms with Gasteiger partial charge in [-0.1, -0.05) is 48.0 Å². The van der Waals surface area contributed by atoms with Crippen molar-refractivity contribution in [3.8, 4) is 17.2 Å². The zero-order valence-electron chi connectivity index (χ0n) is 17.4. The van der Waals surface area contributed by atoms with E-state index in [1.165, 1.54) is 0 Å². The van der Waals surface area contributed by atoms with E-state index in [0.29, 0.717) is 65.4 Å². The summed E-state index contributed by atoms with van der Waals surface area (Å²) in [5, 5.41) is 0.725. The van der Waals surface area contributed by atoms with Crippen molar-refractivity contribution in [1.29, 1.82) is 0 Å². The van der Waals surface area contributed by atoms with Crippen molar-refractivity contribution >= 4 is 34.9 Å². The molecule has 0 aliphatic carbocycles. The lowest BCUT2D eigenvalue weighted by Gasteiger charge is -2.44. The number of Topliss-reactive ketones (excluding diaryl/α,β-unsaturated/α-hetero) is 1. The number of ketones is 1. The Bertz CT molecular complexity index is 1050. The minimum Gasteiger partial charge on any atom is -0.486 e. The second kappa shape index (κ2) is 9.43. The van der Waals surface area contributed by atoms with Crippen molar-refractivity contribution in [3.05, 3.63) is 64.7 Å². The monoisotopic (exact) mass is 475 g/mol. The van der Waals surface area contributed by atoms with Crippen molar-refractivity contribution in [2.75, 3.05) is 26.3 Å². The van der Waals surface area contributed by atoms with Crippen LogP contribution >= 0.6 is 23.2 Å². The van der Waals surface area contributed by atoms with Gasteiger partial charge in [0.05, 0.1) is 17.0 Å². The van der Waals surface area contributed by atoms with Gasteiger partial charge in [-0.2, -0.15) is 0 Å². The highest BCUT2D eigenvalue weighted by molar-refractivity contribution is 6.36. The maximum absolute atomic E-state index is 12.7. The molecule has 0 aromatic heterocycles. The number of carbonyl (C=O) groups excluding carboxylic acids is 2. The molecule has 1 fully saturated rings. The van der Waals surface area contributed by atoms with Crippen molar-refractivity contribution in [3.63, 3.8) is 0 Å². The second-order valence-electron chi connectivity index (χ2n) is 7.87.